The van der Waals surface area contributed by atoms with Crippen molar-refractivity contribution in [2.24, 2.45) is 5.92 Å². The molecule has 0 atom stereocenters. The standard InChI is InChI=1S/C20H21N5O2/c1-12(2)19(26)22-16-9-7-14(8-10-16)20(27)23-17-6-4-5-15(11-17)18-21-13(3)24-25-18/h4-12H,1-3H3,(H,22,26)(H,23,27)(H,21,24,25). The fourth-order valence-corrected chi connectivity index (χ4v) is 2.40. The third kappa shape index (κ3) is 4.58. The zero-order chi connectivity index (χ0) is 19.4. The molecule has 0 saturated heterocycles. The molecule has 0 spiro atoms. The molecule has 2 amide bonds. The van der Waals surface area contributed by atoms with E-state index in [0.717, 1.165) is 11.4 Å². The zero-order valence-corrected chi connectivity index (χ0v) is 15.4. The number of H-pyrrole nitrogens is 1. The van der Waals surface area contributed by atoms with Crippen molar-refractivity contribution in [2.45, 2.75) is 20.8 Å². The number of hydrogen-bond acceptors (Lipinski definition) is 4. The van der Waals surface area contributed by atoms with Gasteiger partial charge in [-0.15, -0.1) is 0 Å². The smallest absolute Gasteiger partial charge is 0.255 e. The van der Waals surface area contributed by atoms with E-state index in [1.54, 1.807) is 30.3 Å². The molecule has 0 unspecified atom stereocenters. The Morgan fingerprint density at radius 1 is 1.00 bits per heavy atom. The summed E-state index contributed by atoms with van der Waals surface area (Å²) in [6.07, 6.45) is 0. The molecule has 27 heavy (non-hydrogen) atoms. The van der Waals surface area contributed by atoms with Gasteiger partial charge in [-0.3, -0.25) is 14.7 Å². The number of nitrogens with one attached hydrogen (secondary N) is 3. The average Bonchev–Trinajstić information content (AvgIpc) is 3.09. The summed E-state index contributed by atoms with van der Waals surface area (Å²) in [5.74, 6) is 0.900. The molecule has 3 rings (SSSR count). The van der Waals surface area contributed by atoms with Crippen LogP contribution in [-0.4, -0.2) is 27.0 Å². The lowest BCUT2D eigenvalue weighted by Gasteiger charge is -2.09. The van der Waals surface area contributed by atoms with Crippen LogP contribution in [0.1, 0.15) is 30.0 Å². The Kier molecular flexibility index (Phi) is 5.30. The van der Waals surface area contributed by atoms with E-state index in [4.69, 9.17) is 0 Å². The van der Waals surface area contributed by atoms with Gasteiger partial charge in [0.15, 0.2) is 5.82 Å². The number of benzene rings is 2. The Balaban J connectivity index is 1.69. The molecule has 0 aliphatic rings. The van der Waals surface area contributed by atoms with Gasteiger partial charge in [0, 0.05) is 28.4 Å². The summed E-state index contributed by atoms with van der Waals surface area (Å²) in [6, 6.07) is 14.1. The summed E-state index contributed by atoms with van der Waals surface area (Å²) in [5.41, 5.74) is 2.62. The van der Waals surface area contributed by atoms with Crippen molar-refractivity contribution in [1.29, 1.82) is 0 Å². The Morgan fingerprint density at radius 2 is 1.74 bits per heavy atom. The second kappa shape index (κ2) is 7.82. The van der Waals surface area contributed by atoms with Crippen LogP contribution in [0.15, 0.2) is 48.5 Å². The van der Waals surface area contributed by atoms with Gasteiger partial charge in [-0.25, -0.2) is 4.98 Å². The molecule has 1 heterocycles. The van der Waals surface area contributed by atoms with Crippen LogP contribution in [0.4, 0.5) is 11.4 Å². The van der Waals surface area contributed by atoms with Crippen molar-refractivity contribution >= 4 is 23.2 Å². The second-order valence-electron chi connectivity index (χ2n) is 6.50. The molecule has 138 valence electrons. The molecule has 3 aromatic rings. The fraction of sp³-hybridized carbons (Fsp3) is 0.200. The number of aryl methyl sites for hydroxylation is 1. The van der Waals surface area contributed by atoms with Gasteiger partial charge < -0.3 is 10.6 Å². The minimum Gasteiger partial charge on any atom is -0.326 e. The second-order valence-corrected chi connectivity index (χ2v) is 6.50. The number of rotatable bonds is 5. The average molecular weight is 363 g/mol. The molecule has 0 aliphatic carbocycles. The summed E-state index contributed by atoms with van der Waals surface area (Å²) in [6.45, 7) is 5.48. The first kappa shape index (κ1) is 18.3. The molecular weight excluding hydrogens is 342 g/mol. The van der Waals surface area contributed by atoms with Crippen molar-refractivity contribution in [3.05, 3.63) is 59.9 Å². The lowest BCUT2D eigenvalue weighted by atomic mass is 10.1. The van der Waals surface area contributed by atoms with Crippen molar-refractivity contribution < 1.29 is 9.59 Å². The number of hydrogen-bond donors (Lipinski definition) is 3. The molecule has 1 aromatic heterocycles. The summed E-state index contributed by atoms with van der Waals surface area (Å²) < 4.78 is 0. The van der Waals surface area contributed by atoms with Gasteiger partial charge in [0.05, 0.1) is 0 Å². The minimum absolute atomic E-state index is 0.0637. The fourth-order valence-electron chi connectivity index (χ4n) is 2.40. The molecule has 7 nitrogen and oxygen atoms in total. The topological polar surface area (TPSA) is 99.8 Å². The highest BCUT2D eigenvalue weighted by atomic mass is 16.2. The van der Waals surface area contributed by atoms with Gasteiger partial charge >= 0.3 is 0 Å². The van der Waals surface area contributed by atoms with Crippen LogP contribution in [0.25, 0.3) is 11.4 Å². The quantitative estimate of drug-likeness (QED) is 0.644. The van der Waals surface area contributed by atoms with Crippen molar-refractivity contribution in [3.8, 4) is 11.4 Å². The van der Waals surface area contributed by atoms with Crippen molar-refractivity contribution in [3.63, 3.8) is 0 Å². The molecule has 0 fully saturated rings. The van der Waals surface area contributed by atoms with Gasteiger partial charge in [-0.2, -0.15) is 5.10 Å². The van der Waals surface area contributed by atoms with Gasteiger partial charge in [-0.1, -0.05) is 26.0 Å². The van der Waals surface area contributed by atoms with Crippen LogP contribution >= 0.6 is 0 Å². The monoisotopic (exact) mass is 363 g/mol. The van der Waals surface area contributed by atoms with Crippen LogP contribution in [-0.2, 0) is 4.79 Å². The number of carbonyl (C=O) groups excluding carboxylic acids is 2. The molecule has 3 N–H and O–H groups in total. The summed E-state index contributed by atoms with van der Waals surface area (Å²) in [4.78, 5) is 28.5. The number of amides is 2. The van der Waals surface area contributed by atoms with E-state index >= 15 is 0 Å². The number of anilines is 2. The predicted octanol–water partition coefficient (Wildman–Crippen LogP) is 3.63. The highest BCUT2D eigenvalue weighted by Gasteiger charge is 2.10. The van der Waals surface area contributed by atoms with Gasteiger partial charge in [-0.05, 0) is 43.3 Å². The molecular formula is C20H21N5O2. The maximum absolute atomic E-state index is 12.5. The Morgan fingerprint density at radius 3 is 2.37 bits per heavy atom. The number of carbonyl (C=O) groups is 2. The van der Waals surface area contributed by atoms with E-state index < -0.39 is 0 Å². The lowest BCUT2D eigenvalue weighted by molar-refractivity contribution is -0.118. The molecule has 0 bridgehead atoms. The maximum atomic E-state index is 12.5. The SMILES string of the molecule is Cc1nc(-c2cccc(NC(=O)c3ccc(NC(=O)C(C)C)cc3)c2)n[nH]1. The predicted molar refractivity (Wildman–Crippen MR) is 104 cm³/mol. The van der Waals surface area contributed by atoms with E-state index in [-0.39, 0.29) is 17.7 Å². The first-order valence-electron chi connectivity index (χ1n) is 8.64. The Hall–Kier alpha value is -3.48. The summed E-state index contributed by atoms with van der Waals surface area (Å²) in [5, 5.41) is 12.6. The van der Waals surface area contributed by atoms with Crippen LogP contribution < -0.4 is 10.6 Å². The number of aromatic nitrogens is 3. The van der Waals surface area contributed by atoms with Gasteiger partial charge in [0.25, 0.3) is 5.91 Å². The highest BCUT2D eigenvalue weighted by molar-refractivity contribution is 6.05. The van der Waals surface area contributed by atoms with E-state index in [2.05, 4.69) is 25.8 Å². The highest BCUT2D eigenvalue weighted by Crippen LogP contribution is 2.20. The zero-order valence-electron chi connectivity index (χ0n) is 15.4. The molecule has 0 aliphatic heterocycles. The third-order valence-electron chi connectivity index (χ3n) is 3.91. The van der Waals surface area contributed by atoms with Crippen LogP contribution in [0.5, 0.6) is 0 Å². The molecule has 0 radical (unpaired) electrons. The normalized spacial score (nSPS) is 10.7. The van der Waals surface area contributed by atoms with Gasteiger partial charge in [0.1, 0.15) is 5.82 Å². The number of aromatic amines is 1. The van der Waals surface area contributed by atoms with E-state index in [1.165, 1.54) is 0 Å². The first-order chi connectivity index (χ1) is 12.9. The molecule has 0 saturated carbocycles. The minimum atomic E-state index is -0.236. The lowest BCUT2D eigenvalue weighted by Crippen LogP contribution is -2.18. The largest absolute Gasteiger partial charge is 0.326 e. The first-order valence-corrected chi connectivity index (χ1v) is 8.64. The van der Waals surface area contributed by atoms with Crippen molar-refractivity contribution in [2.75, 3.05) is 10.6 Å². The number of nitrogens with zero attached hydrogens (tertiary/aromatic N) is 2. The van der Waals surface area contributed by atoms with Gasteiger partial charge in [0.2, 0.25) is 5.91 Å². The van der Waals surface area contributed by atoms with Crippen LogP contribution in [0, 0.1) is 12.8 Å². The summed E-state index contributed by atoms with van der Waals surface area (Å²) >= 11 is 0. The maximum Gasteiger partial charge on any atom is 0.255 e. The van der Waals surface area contributed by atoms with E-state index in [1.807, 2.05) is 39.0 Å². The molecule has 2 aromatic carbocycles. The Bertz CT molecular complexity index is 961. The Labute approximate surface area is 157 Å². The summed E-state index contributed by atoms with van der Waals surface area (Å²) in [7, 11) is 0. The third-order valence-corrected chi connectivity index (χ3v) is 3.91. The van der Waals surface area contributed by atoms with E-state index in [9.17, 15) is 9.59 Å². The van der Waals surface area contributed by atoms with Crippen LogP contribution in [0.2, 0.25) is 0 Å². The van der Waals surface area contributed by atoms with E-state index in [0.29, 0.717) is 22.8 Å². The van der Waals surface area contributed by atoms with Crippen LogP contribution in [0.3, 0.4) is 0 Å². The molecule has 7 heteroatoms. The van der Waals surface area contributed by atoms with Crippen molar-refractivity contribution in [1.82, 2.24) is 15.2 Å².